The van der Waals surface area contributed by atoms with E-state index < -0.39 is 28.8 Å². The number of aliphatic carboxylic acids is 1. The van der Waals surface area contributed by atoms with Crippen LogP contribution in [0.5, 0.6) is 5.75 Å². The Labute approximate surface area is 214 Å². The summed E-state index contributed by atoms with van der Waals surface area (Å²) in [5.74, 6) is -0.441. The van der Waals surface area contributed by atoms with Gasteiger partial charge in [0.15, 0.2) is 5.60 Å². The van der Waals surface area contributed by atoms with Gasteiger partial charge in [0, 0.05) is 33.0 Å². The van der Waals surface area contributed by atoms with E-state index in [9.17, 15) is 27.9 Å². The summed E-state index contributed by atoms with van der Waals surface area (Å²) in [7, 11) is 1.67. The molecular formula is C27H33F3N2O5. The van der Waals surface area contributed by atoms with E-state index >= 15 is 0 Å². The summed E-state index contributed by atoms with van der Waals surface area (Å²) in [4.78, 5) is 25.5. The first-order valence-corrected chi connectivity index (χ1v) is 12.2. The molecule has 0 aliphatic carbocycles. The molecule has 1 heterocycles. The Bertz CT molecular complexity index is 1070. The third-order valence-electron chi connectivity index (χ3n) is 6.78. The number of likely N-dealkylation sites (N-methyl/N-ethyl adjacent to an activating group) is 1. The summed E-state index contributed by atoms with van der Waals surface area (Å²) in [5, 5.41) is 12.4. The molecule has 202 valence electrons. The minimum atomic E-state index is -4.41. The fourth-order valence-electron chi connectivity index (χ4n) is 4.38. The molecule has 1 aliphatic rings. The number of ether oxygens (including phenoxy) is 2. The summed E-state index contributed by atoms with van der Waals surface area (Å²) in [6.07, 6.45) is -2.67. The van der Waals surface area contributed by atoms with Crippen LogP contribution >= 0.6 is 0 Å². The van der Waals surface area contributed by atoms with Crippen LogP contribution in [0.2, 0.25) is 0 Å². The van der Waals surface area contributed by atoms with Crippen LogP contribution in [0.3, 0.4) is 0 Å². The maximum absolute atomic E-state index is 12.9. The lowest BCUT2D eigenvalue weighted by Gasteiger charge is -2.35. The van der Waals surface area contributed by atoms with Gasteiger partial charge >= 0.3 is 18.2 Å². The molecule has 1 saturated heterocycles. The minimum Gasteiger partial charge on any atom is -0.494 e. The molecule has 0 bridgehead atoms. The highest BCUT2D eigenvalue weighted by Gasteiger charge is 2.43. The summed E-state index contributed by atoms with van der Waals surface area (Å²) < 4.78 is 50.2. The van der Waals surface area contributed by atoms with Gasteiger partial charge in [0.05, 0.1) is 17.7 Å². The predicted molar refractivity (Wildman–Crippen MR) is 132 cm³/mol. The smallest absolute Gasteiger partial charge is 0.416 e. The van der Waals surface area contributed by atoms with Crippen molar-refractivity contribution in [1.82, 2.24) is 10.2 Å². The average molecular weight is 523 g/mol. The first kappa shape index (κ1) is 28.3. The van der Waals surface area contributed by atoms with Gasteiger partial charge in [0.25, 0.3) is 0 Å². The van der Waals surface area contributed by atoms with Crippen LogP contribution in [0.1, 0.15) is 43.4 Å². The molecule has 0 aromatic heterocycles. The zero-order valence-corrected chi connectivity index (χ0v) is 21.2. The highest BCUT2D eigenvalue weighted by molar-refractivity contribution is 5.78. The largest absolute Gasteiger partial charge is 0.494 e. The topological polar surface area (TPSA) is 88.1 Å². The second kappa shape index (κ2) is 11.4. The van der Waals surface area contributed by atoms with Gasteiger partial charge in [-0.25, -0.2) is 9.59 Å². The Morgan fingerprint density at radius 3 is 2.22 bits per heavy atom. The molecule has 1 fully saturated rings. The number of nitrogens with zero attached hydrogens (tertiary/aromatic N) is 1. The lowest BCUT2D eigenvalue weighted by molar-refractivity contribution is -0.163. The van der Waals surface area contributed by atoms with E-state index in [0.717, 1.165) is 17.7 Å². The van der Waals surface area contributed by atoms with Crippen LogP contribution in [-0.4, -0.2) is 60.0 Å². The van der Waals surface area contributed by atoms with Crippen molar-refractivity contribution in [3.05, 3.63) is 65.2 Å². The van der Waals surface area contributed by atoms with Gasteiger partial charge in [-0.15, -0.1) is 0 Å². The Morgan fingerprint density at radius 1 is 1.08 bits per heavy atom. The van der Waals surface area contributed by atoms with Crippen molar-refractivity contribution in [2.45, 2.75) is 56.8 Å². The zero-order chi connectivity index (χ0) is 27.3. The van der Waals surface area contributed by atoms with Crippen molar-refractivity contribution < 1.29 is 37.3 Å². The monoisotopic (exact) mass is 522 g/mol. The number of urea groups is 1. The fourth-order valence-corrected chi connectivity index (χ4v) is 4.38. The summed E-state index contributed by atoms with van der Waals surface area (Å²) in [6, 6.07) is 11.8. The quantitative estimate of drug-likeness (QED) is 0.413. The van der Waals surface area contributed by atoms with Crippen molar-refractivity contribution in [3.63, 3.8) is 0 Å². The van der Waals surface area contributed by atoms with E-state index in [4.69, 9.17) is 9.47 Å². The molecule has 2 atom stereocenters. The Kier molecular flexibility index (Phi) is 8.73. The zero-order valence-electron chi connectivity index (χ0n) is 21.2. The molecule has 2 aromatic rings. The minimum absolute atomic E-state index is 0.206. The lowest BCUT2D eigenvalue weighted by Crippen LogP contribution is -2.48. The van der Waals surface area contributed by atoms with E-state index in [2.05, 4.69) is 5.32 Å². The number of rotatable bonds is 12. The number of alkyl halides is 3. The number of carbonyl (C=O) groups is 2. The van der Waals surface area contributed by atoms with Crippen molar-refractivity contribution in [1.29, 1.82) is 0 Å². The molecule has 1 aliphatic heterocycles. The summed E-state index contributed by atoms with van der Waals surface area (Å²) in [6.45, 7) is 4.43. The second-order valence-electron chi connectivity index (χ2n) is 9.62. The van der Waals surface area contributed by atoms with Crippen LogP contribution in [0.25, 0.3) is 0 Å². The molecule has 0 spiro atoms. The molecule has 3 rings (SSSR count). The lowest BCUT2D eigenvalue weighted by atomic mass is 9.87. The highest BCUT2D eigenvalue weighted by Crippen LogP contribution is 2.32. The normalized spacial score (nSPS) is 19.4. The molecule has 2 aromatic carbocycles. The number of carbonyl (C=O) groups excluding carboxylic acids is 1. The first-order chi connectivity index (χ1) is 17.4. The van der Waals surface area contributed by atoms with Crippen molar-refractivity contribution in [2.24, 2.45) is 0 Å². The molecule has 7 nitrogen and oxygen atoms in total. The number of benzene rings is 2. The molecule has 0 radical (unpaired) electrons. The predicted octanol–water partition coefficient (Wildman–Crippen LogP) is 4.92. The number of hydrogen-bond acceptors (Lipinski definition) is 4. The van der Waals surface area contributed by atoms with E-state index in [0.29, 0.717) is 43.7 Å². The molecule has 2 unspecified atom stereocenters. The van der Waals surface area contributed by atoms with Crippen LogP contribution in [0.4, 0.5) is 18.0 Å². The van der Waals surface area contributed by atoms with Gasteiger partial charge in [0.2, 0.25) is 0 Å². The van der Waals surface area contributed by atoms with E-state index in [-0.39, 0.29) is 19.1 Å². The Hall–Kier alpha value is -3.27. The fraction of sp³-hybridized carbons (Fsp3) is 0.481. The van der Waals surface area contributed by atoms with Gasteiger partial charge in [-0.05, 0) is 55.2 Å². The number of carboxylic acid groups (broad SMARTS) is 1. The van der Waals surface area contributed by atoms with Crippen LogP contribution in [0.15, 0.2) is 48.5 Å². The SMILES string of the molecule is CCCOC(C)(Cc1ccc(OCCC2(Cc3ccc(C(F)(F)F)cc3)CNC(=O)N2C)cc1)C(=O)O. The Morgan fingerprint density at radius 2 is 1.70 bits per heavy atom. The van der Waals surface area contributed by atoms with Crippen LogP contribution in [-0.2, 0) is 28.5 Å². The van der Waals surface area contributed by atoms with Crippen molar-refractivity contribution in [3.8, 4) is 5.75 Å². The van der Waals surface area contributed by atoms with E-state index in [1.165, 1.54) is 12.1 Å². The van der Waals surface area contributed by atoms with Crippen LogP contribution in [0, 0.1) is 0 Å². The maximum Gasteiger partial charge on any atom is 0.416 e. The number of amides is 2. The third-order valence-corrected chi connectivity index (χ3v) is 6.78. The number of hydrogen-bond donors (Lipinski definition) is 2. The molecule has 0 saturated carbocycles. The number of nitrogens with one attached hydrogen (secondary N) is 1. The van der Waals surface area contributed by atoms with Gasteiger partial charge in [0.1, 0.15) is 5.75 Å². The molecule has 2 amide bonds. The molecule has 37 heavy (non-hydrogen) atoms. The Balaban J connectivity index is 1.64. The van der Waals surface area contributed by atoms with E-state index in [1.807, 2.05) is 6.92 Å². The van der Waals surface area contributed by atoms with Crippen LogP contribution < -0.4 is 10.1 Å². The average Bonchev–Trinajstić information content (AvgIpc) is 3.12. The first-order valence-electron chi connectivity index (χ1n) is 12.2. The summed E-state index contributed by atoms with van der Waals surface area (Å²) in [5.41, 5.74) is -1.22. The maximum atomic E-state index is 12.9. The van der Waals surface area contributed by atoms with Gasteiger partial charge < -0.3 is 24.8 Å². The standard InChI is InChI=1S/C27H33F3N2O5/c1-4-14-37-25(2,23(33)34)16-19-7-11-22(12-8-19)36-15-13-26(18-31-24(35)32(26)3)17-20-5-9-21(10-6-20)27(28,29)30/h5-12H,4,13-18H2,1-3H3,(H,31,35)(H,33,34). The second-order valence-corrected chi connectivity index (χ2v) is 9.62. The molecule has 10 heteroatoms. The molecule has 2 N–H and O–H groups in total. The van der Waals surface area contributed by atoms with Gasteiger partial charge in [-0.3, -0.25) is 0 Å². The van der Waals surface area contributed by atoms with Crippen molar-refractivity contribution >= 4 is 12.0 Å². The van der Waals surface area contributed by atoms with Gasteiger partial charge in [-0.2, -0.15) is 13.2 Å². The van der Waals surface area contributed by atoms with E-state index in [1.54, 1.807) is 43.1 Å². The molecular weight excluding hydrogens is 489 g/mol. The van der Waals surface area contributed by atoms with Gasteiger partial charge in [-0.1, -0.05) is 31.2 Å². The number of carboxylic acids is 1. The van der Waals surface area contributed by atoms with Crippen molar-refractivity contribution in [2.75, 3.05) is 26.8 Å². The highest BCUT2D eigenvalue weighted by atomic mass is 19.4. The summed E-state index contributed by atoms with van der Waals surface area (Å²) >= 11 is 0. The number of halogens is 3. The third kappa shape index (κ3) is 6.94.